The van der Waals surface area contributed by atoms with Crippen LogP contribution in [0.5, 0.6) is 0 Å². The summed E-state index contributed by atoms with van der Waals surface area (Å²) in [7, 11) is -3.98. The van der Waals surface area contributed by atoms with Gasteiger partial charge in [0.05, 0.1) is 17.1 Å². The molecule has 0 aliphatic carbocycles. The molecule has 1 aromatic carbocycles. The third kappa shape index (κ3) is 4.43. The molecule has 3 aromatic rings. The minimum Gasteiger partial charge on any atom is -0.439 e. The average Bonchev–Trinajstić information content (AvgIpc) is 3.53. The highest BCUT2D eigenvalue weighted by molar-refractivity contribution is 7.89. The maximum Gasteiger partial charge on any atom is 0.471 e. The van der Waals surface area contributed by atoms with E-state index < -0.39 is 28.1 Å². The van der Waals surface area contributed by atoms with Gasteiger partial charge in [-0.15, -0.1) is 0 Å². The van der Waals surface area contributed by atoms with Gasteiger partial charge in [0.15, 0.2) is 0 Å². The highest BCUT2D eigenvalue weighted by Crippen LogP contribution is 2.38. The average molecular weight is 507 g/mol. The molecule has 0 radical (unpaired) electrons. The van der Waals surface area contributed by atoms with Gasteiger partial charge in [0.25, 0.3) is 0 Å². The fourth-order valence-corrected chi connectivity index (χ4v) is 6.28. The quantitative estimate of drug-likeness (QED) is 0.535. The molecule has 5 rings (SSSR count). The van der Waals surface area contributed by atoms with E-state index in [1.54, 1.807) is 30.6 Å². The highest BCUT2D eigenvalue weighted by atomic mass is 32.2. The Kier molecular flexibility index (Phi) is 5.88. The number of oxazole rings is 1. The minimum absolute atomic E-state index is 0.0293. The zero-order chi connectivity index (χ0) is 24.8. The molecule has 35 heavy (non-hydrogen) atoms. The first-order valence-corrected chi connectivity index (χ1v) is 12.4. The topological polar surface area (TPSA) is 96.6 Å². The van der Waals surface area contributed by atoms with Crippen LogP contribution in [0.3, 0.4) is 0 Å². The van der Waals surface area contributed by atoms with Gasteiger partial charge in [-0.05, 0) is 54.7 Å². The number of benzene rings is 1. The molecule has 8 nitrogen and oxygen atoms in total. The van der Waals surface area contributed by atoms with Crippen LogP contribution in [0.1, 0.15) is 35.8 Å². The Bertz CT molecular complexity index is 1360. The third-order valence-corrected chi connectivity index (χ3v) is 8.21. The Morgan fingerprint density at radius 2 is 1.86 bits per heavy atom. The maximum absolute atomic E-state index is 13.6. The Morgan fingerprint density at radius 3 is 2.60 bits per heavy atom. The monoisotopic (exact) mass is 506 g/mol. The number of amides is 1. The second-order valence-electron chi connectivity index (χ2n) is 8.48. The zero-order valence-corrected chi connectivity index (χ0v) is 19.2. The number of hydrogen-bond donors (Lipinski definition) is 0. The molecule has 2 aromatic heterocycles. The van der Waals surface area contributed by atoms with Crippen LogP contribution in [-0.4, -0.2) is 52.8 Å². The summed E-state index contributed by atoms with van der Waals surface area (Å²) in [5, 5.41) is 0. The normalized spacial score (nSPS) is 19.1. The van der Waals surface area contributed by atoms with E-state index in [-0.39, 0.29) is 31.0 Å². The number of sulfonamides is 1. The van der Waals surface area contributed by atoms with Crippen LogP contribution in [-0.2, 0) is 27.8 Å². The van der Waals surface area contributed by atoms with E-state index in [0.29, 0.717) is 40.5 Å². The summed E-state index contributed by atoms with van der Waals surface area (Å²) in [4.78, 5) is 20.6. The van der Waals surface area contributed by atoms with Gasteiger partial charge in [0.1, 0.15) is 5.76 Å². The van der Waals surface area contributed by atoms with Crippen molar-refractivity contribution in [3.63, 3.8) is 0 Å². The molecular weight excluding hydrogens is 485 g/mol. The summed E-state index contributed by atoms with van der Waals surface area (Å²) in [5.41, 5.74) is 1.84. The zero-order valence-electron chi connectivity index (χ0n) is 18.4. The molecule has 12 heteroatoms. The van der Waals surface area contributed by atoms with Crippen molar-refractivity contribution in [2.75, 3.05) is 13.1 Å². The molecule has 0 N–H and O–H groups in total. The third-order valence-electron chi connectivity index (χ3n) is 6.31. The van der Waals surface area contributed by atoms with E-state index in [9.17, 15) is 26.4 Å². The van der Waals surface area contributed by atoms with Crippen molar-refractivity contribution in [3.05, 3.63) is 65.8 Å². The molecule has 0 spiro atoms. The number of carbonyl (C=O) groups is 1. The summed E-state index contributed by atoms with van der Waals surface area (Å²) in [6.45, 7) is -0.0944. The predicted molar refractivity (Wildman–Crippen MR) is 117 cm³/mol. The smallest absolute Gasteiger partial charge is 0.439 e. The molecule has 2 aliphatic heterocycles. The summed E-state index contributed by atoms with van der Waals surface area (Å²) < 4.78 is 73.0. The van der Waals surface area contributed by atoms with Gasteiger partial charge >= 0.3 is 12.1 Å². The number of carbonyl (C=O) groups excluding carboxylic acids is 1. The molecule has 184 valence electrons. The maximum atomic E-state index is 13.6. The first-order valence-electron chi connectivity index (χ1n) is 11.0. The van der Waals surface area contributed by atoms with Crippen LogP contribution in [0.25, 0.3) is 11.5 Å². The predicted octanol–water partition coefficient (Wildman–Crippen LogP) is 3.71. The lowest BCUT2D eigenvalue weighted by molar-refractivity contribution is -0.186. The van der Waals surface area contributed by atoms with Gasteiger partial charge in [-0.25, -0.2) is 13.4 Å². The van der Waals surface area contributed by atoms with Crippen molar-refractivity contribution in [2.24, 2.45) is 0 Å². The number of halogens is 3. The van der Waals surface area contributed by atoms with Gasteiger partial charge in [0.2, 0.25) is 15.9 Å². The largest absolute Gasteiger partial charge is 0.471 e. The van der Waals surface area contributed by atoms with Gasteiger partial charge in [-0.3, -0.25) is 9.78 Å². The molecule has 4 heterocycles. The molecule has 0 bridgehead atoms. The van der Waals surface area contributed by atoms with Crippen molar-refractivity contribution in [1.29, 1.82) is 0 Å². The Morgan fingerprint density at radius 1 is 1.09 bits per heavy atom. The van der Waals surface area contributed by atoms with Gasteiger partial charge < -0.3 is 9.32 Å². The number of rotatable bonds is 4. The molecule has 1 saturated heterocycles. The fraction of sp³-hybridized carbons (Fsp3) is 0.348. The van der Waals surface area contributed by atoms with Crippen LogP contribution < -0.4 is 0 Å². The molecule has 1 fully saturated rings. The number of nitrogens with zero attached hydrogens (tertiary/aromatic N) is 4. The van der Waals surface area contributed by atoms with Crippen molar-refractivity contribution in [1.82, 2.24) is 19.2 Å². The van der Waals surface area contributed by atoms with Crippen LogP contribution in [0, 0.1) is 0 Å². The van der Waals surface area contributed by atoms with Gasteiger partial charge in [-0.2, -0.15) is 17.5 Å². The van der Waals surface area contributed by atoms with Crippen molar-refractivity contribution < 1.29 is 30.8 Å². The highest BCUT2D eigenvalue weighted by Gasteiger charge is 2.43. The van der Waals surface area contributed by atoms with Crippen molar-refractivity contribution >= 4 is 15.9 Å². The lowest BCUT2D eigenvalue weighted by Gasteiger charge is -2.30. The molecule has 2 aliphatic rings. The first kappa shape index (κ1) is 23.5. The van der Waals surface area contributed by atoms with Crippen molar-refractivity contribution in [3.8, 4) is 11.5 Å². The molecule has 1 unspecified atom stereocenters. The lowest BCUT2D eigenvalue weighted by atomic mass is 10.00. The summed E-state index contributed by atoms with van der Waals surface area (Å²) in [5.74, 6) is -1.15. The number of pyridine rings is 1. The van der Waals surface area contributed by atoms with E-state index in [4.69, 9.17) is 4.42 Å². The number of aromatic nitrogens is 2. The van der Waals surface area contributed by atoms with Gasteiger partial charge in [0, 0.05) is 37.6 Å². The number of hydrogen-bond acceptors (Lipinski definition) is 6. The van der Waals surface area contributed by atoms with E-state index in [2.05, 4.69) is 9.97 Å². The molecular formula is C23H21F3N4O4S. The second-order valence-corrected chi connectivity index (χ2v) is 10.4. The number of alkyl halides is 3. The molecule has 1 amide bonds. The summed E-state index contributed by atoms with van der Waals surface area (Å²) in [6, 6.07) is 7.37. The molecule has 1 atom stereocenters. The summed E-state index contributed by atoms with van der Waals surface area (Å²) in [6.07, 6.45) is 1.13. The van der Waals surface area contributed by atoms with Crippen LogP contribution >= 0.6 is 0 Å². The first-order chi connectivity index (χ1) is 16.6. The van der Waals surface area contributed by atoms with Gasteiger partial charge in [-0.1, -0.05) is 6.07 Å². The van der Waals surface area contributed by atoms with E-state index >= 15 is 0 Å². The van der Waals surface area contributed by atoms with Crippen LogP contribution in [0.15, 0.2) is 58.2 Å². The van der Waals surface area contributed by atoms with Crippen LogP contribution in [0.2, 0.25) is 0 Å². The summed E-state index contributed by atoms with van der Waals surface area (Å²) >= 11 is 0. The van der Waals surface area contributed by atoms with E-state index in [1.165, 1.54) is 22.6 Å². The van der Waals surface area contributed by atoms with E-state index in [0.717, 1.165) is 5.56 Å². The second kappa shape index (κ2) is 8.76. The standard InChI is InChI=1S/C23H21F3N4O4S/c24-23(25,26)22(31)29-11-7-15-3-4-18(12-17(15)14-29)35(32,33)30-10-1-2-19(30)20-13-28-21(34-20)16-5-8-27-9-6-16/h3-6,8-9,12-13,19H,1-2,7,10-11,14H2. The van der Waals surface area contributed by atoms with Crippen molar-refractivity contribution in [2.45, 2.75) is 42.9 Å². The fourth-order valence-electron chi connectivity index (χ4n) is 4.56. The SMILES string of the molecule is O=C(N1CCc2ccc(S(=O)(=O)N3CCCC3c3cnc(-c4ccncc4)o3)cc2C1)C(F)(F)F. The number of fused-ring (bicyclic) bond motifs is 1. The van der Waals surface area contributed by atoms with Crippen LogP contribution in [0.4, 0.5) is 13.2 Å². The molecule has 0 saturated carbocycles. The Hall–Kier alpha value is -3.25. The lowest BCUT2D eigenvalue weighted by Crippen LogP contribution is -2.43. The Balaban J connectivity index is 1.41. The minimum atomic E-state index is -4.98. The Labute approximate surface area is 199 Å². The van der Waals surface area contributed by atoms with E-state index in [1.807, 2.05) is 0 Å².